The van der Waals surface area contributed by atoms with E-state index in [1.54, 1.807) is 27.7 Å². The van der Waals surface area contributed by atoms with Gasteiger partial charge in [-0.1, -0.05) is 0 Å². The number of amides is 2. The molecule has 0 radical (unpaired) electrons. The van der Waals surface area contributed by atoms with E-state index in [1.807, 2.05) is 0 Å². The molecule has 4 aliphatic rings. The molecule has 11 heteroatoms. The molecule has 168 valence electrons. The van der Waals surface area contributed by atoms with Gasteiger partial charge in [0.15, 0.2) is 24.0 Å². The summed E-state index contributed by atoms with van der Waals surface area (Å²) in [4.78, 5) is 40.8. The molecule has 0 aromatic carbocycles. The molecule has 0 saturated carbocycles. The third-order valence-corrected chi connectivity index (χ3v) is 5.30. The summed E-state index contributed by atoms with van der Waals surface area (Å²) >= 11 is 0. The lowest BCUT2D eigenvalue weighted by molar-refractivity contribution is -0.241. The van der Waals surface area contributed by atoms with Crippen molar-refractivity contribution in [1.82, 2.24) is 5.06 Å². The van der Waals surface area contributed by atoms with Crippen LogP contribution in [-0.2, 0) is 47.6 Å². The van der Waals surface area contributed by atoms with Gasteiger partial charge in [0.2, 0.25) is 0 Å². The first kappa shape index (κ1) is 21.6. The zero-order chi connectivity index (χ0) is 21.8. The summed E-state index contributed by atoms with van der Waals surface area (Å²) in [6, 6.07) is 0. The molecule has 0 bridgehead atoms. The van der Waals surface area contributed by atoms with Crippen LogP contribution < -0.4 is 0 Å². The number of carbonyl (C=O) groups excluding carboxylic acids is 3. The van der Waals surface area contributed by atoms with Gasteiger partial charge in [-0.2, -0.15) is 0 Å². The third kappa shape index (κ3) is 4.10. The second-order valence-electron chi connectivity index (χ2n) is 8.67. The predicted octanol–water partition coefficient (Wildman–Crippen LogP) is 0.395. The van der Waals surface area contributed by atoms with E-state index < -0.39 is 66.2 Å². The van der Waals surface area contributed by atoms with Crippen LogP contribution in [0.4, 0.5) is 0 Å². The minimum absolute atomic E-state index is 0.0126. The number of nitrogens with zero attached hydrogens (tertiary/aromatic N) is 1. The van der Waals surface area contributed by atoms with Crippen molar-refractivity contribution in [2.24, 2.45) is 0 Å². The van der Waals surface area contributed by atoms with Crippen molar-refractivity contribution in [2.75, 3.05) is 6.61 Å². The van der Waals surface area contributed by atoms with E-state index in [0.717, 1.165) is 0 Å². The van der Waals surface area contributed by atoms with E-state index in [9.17, 15) is 14.4 Å². The van der Waals surface area contributed by atoms with E-state index in [1.165, 1.54) is 6.92 Å². The van der Waals surface area contributed by atoms with Crippen LogP contribution in [0.25, 0.3) is 0 Å². The fourth-order valence-corrected chi connectivity index (χ4v) is 3.95. The lowest BCUT2D eigenvalue weighted by Crippen LogP contribution is -2.47. The normalized spacial score (nSPS) is 38.2. The Balaban J connectivity index is 1.46. The molecule has 0 aliphatic carbocycles. The van der Waals surface area contributed by atoms with Crippen LogP contribution in [-0.4, -0.2) is 77.8 Å². The maximum Gasteiger partial charge on any atom is 0.361 e. The van der Waals surface area contributed by atoms with Gasteiger partial charge < -0.3 is 33.3 Å². The van der Waals surface area contributed by atoms with Crippen LogP contribution in [0.2, 0.25) is 0 Å². The molecule has 4 aliphatic heterocycles. The molecule has 2 unspecified atom stereocenters. The fraction of sp³-hybridized carbons (Fsp3) is 0.842. The monoisotopic (exact) mass is 429 g/mol. The largest absolute Gasteiger partial charge is 0.361 e. The Labute approximate surface area is 173 Å². The van der Waals surface area contributed by atoms with Crippen molar-refractivity contribution in [3.05, 3.63) is 0 Å². The van der Waals surface area contributed by atoms with E-state index in [-0.39, 0.29) is 19.4 Å². The standard InChI is InChI=1S/C19H27NO10/c1-9(16(23)30-20-11(21)6-7-12(20)22)25-14-13(10-8-24-18(2,3)27-10)26-17-15(14)28-19(4,5)29-17/h9-10,13-15,17H,6-8H2,1-5H3/t9?,10?,13-,14+,15-,17-/m1/s1. The molecule has 4 fully saturated rings. The number of ether oxygens (including phenoxy) is 6. The molecular formula is C19H27NO10. The van der Waals surface area contributed by atoms with Crippen LogP contribution in [0, 0.1) is 0 Å². The smallest absolute Gasteiger partial charge is 0.358 e. The van der Waals surface area contributed by atoms with Gasteiger partial charge in [-0.3, -0.25) is 9.59 Å². The van der Waals surface area contributed by atoms with Crippen LogP contribution in [0.3, 0.4) is 0 Å². The summed E-state index contributed by atoms with van der Waals surface area (Å²) in [5, 5.41) is 0.488. The molecule has 6 atom stereocenters. The summed E-state index contributed by atoms with van der Waals surface area (Å²) in [6.45, 7) is 8.82. The highest BCUT2D eigenvalue weighted by atomic mass is 16.9. The maximum absolute atomic E-state index is 12.5. The van der Waals surface area contributed by atoms with E-state index in [0.29, 0.717) is 5.06 Å². The van der Waals surface area contributed by atoms with Gasteiger partial charge in [-0.15, -0.1) is 5.06 Å². The van der Waals surface area contributed by atoms with Gasteiger partial charge in [-0.05, 0) is 34.6 Å². The van der Waals surface area contributed by atoms with Gasteiger partial charge in [0.05, 0.1) is 6.61 Å². The summed E-state index contributed by atoms with van der Waals surface area (Å²) in [6.07, 6.45) is -4.21. The highest BCUT2D eigenvalue weighted by Gasteiger charge is 2.59. The molecule has 0 N–H and O–H groups in total. The zero-order valence-corrected chi connectivity index (χ0v) is 17.6. The second kappa shape index (κ2) is 7.50. The first-order valence-corrected chi connectivity index (χ1v) is 10.0. The van der Waals surface area contributed by atoms with Gasteiger partial charge in [0.25, 0.3) is 11.8 Å². The number of hydrogen-bond acceptors (Lipinski definition) is 10. The highest BCUT2D eigenvalue weighted by molar-refractivity contribution is 6.01. The molecule has 11 nitrogen and oxygen atoms in total. The first-order valence-electron chi connectivity index (χ1n) is 10.0. The van der Waals surface area contributed by atoms with E-state index in [2.05, 4.69) is 0 Å². The van der Waals surface area contributed by atoms with Crippen molar-refractivity contribution in [2.45, 2.75) is 95.8 Å². The average Bonchev–Trinajstić information content (AvgIpc) is 3.33. The second-order valence-corrected chi connectivity index (χ2v) is 8.67. The van der Waals surface area contributed by atoms with Gasteiger partial charge in [0.1, 0.15) is 24.4 Å². The van der Waals surface area contributed by atoms with Gasteiger partial charge in [0, 0.05) is 12.8 Å². The quantitative estimate of drug-likeness (QED) is 0.568. The zero-order valence-electron chi connectivity index (χ0n) is 17.6. The number of rotatable bonds is 5. The van der Waals surface area contributed by atoms with Gasteiger partial charge in [-0.25, -0.2) is 4.79 Å². The maximum atomic E-state index is 12.5. The number of hydroxylamine groups is 2. The summed E-state index contributed by atoms with van der Waals surface area (Å²) < 4.78 is 35.2. The Kier molecular flexibility index (Phi) is 5.40. The Bertz CT molecular complexity index is 721. The Morgan fingerprint density at radius 1 is 1.03 bits per heavy atom. The molecule has 0 spiro atoms. The Morgan fingerprint density at radius 2 is 1.70 bits per heavy atom. The molecule has 0 aromatic rings. The van der Waals surface area contributed by atoms with Crippen molar-refractivity contribution < 1.29 is 47.6 Å². The minimum Gasteiger partial charge on any atom is -0.358 e. The molecule has 4 rings (SSSR count). The molecule has 0 aromatic heterocycles. The summed E-state index contributed by atoms with van der Waals surface area (Å²) in [5.41, 5.74) is 0. The number of imide groups is 1. The van der Waals surface area contributed by atoms with Crippen molar-refractivity contribution >= 4 is 17.8 Å². The lowest BCUT2D eigenvalue weighted by atomic mass is 10.1. The predicted molar refractivity (Wildman–Crippen MR) is 95.1 cm³/mol. The van der Waals surface area contributed by atoms with Crippen molar-refractivity contribution in [3.8, 4) is 0 Å². The summed E-state index contributed by atoms with van der Waals surface area (Å²) in [5.74, 6) is -3.65. The Morgan fingerprint density at radius 3 is 2.30 bits per heavy atom. The lowest BCUT2D eigenvalue weighted by Gasteiger charge is -2.30. The number of fused-ring (bicyclic) bond motifs is 1. The topological polar surface area (TPSA) is 119 Å². The number of hydrogen-bond donors (Lipinski definition) is 0. The molecule has 30 heavy (non-hydrogen) atoms. The Hall–Kier alpha value is -1.63. The molecular weight excluding hydrogens is 402 g/mol. The molecule has 4 heterocycles. The molecule has 2 amide bonds. The van der Waals surface area contributed by atoms with Crippen molar-refractivity contribution in [1.29, 1.82) is 0 Å². The minimum atomic E-state index is -1.11. The van der Waals surface area contributed by atoms with Crippen LogP contribution in [0.1, 0.15) is 47.5 Å². The fourth-order valence-electron chi connectivity index (χ4n) is 3.95. The first-order chi connectivity index (χ1) is 14.0. The number of carbonyl (C=O) groups is 3. The van der Waals surface area contributed by atoms with E-state index >= 15 is 0 Å². The van der Waals surface area contributed by atoms with Gasteiger partial charge >= 0.3 is 5.97 Å². The summed E-state index contributed by atoms with van der Waals surface area (Å²) in [7, 11) is 0. The SMILES string of the molecule is CC(O[C@@H]1[C@H]2OC(C)(C)O[C@H]2O[C@@H]1C1COC(C)(C)O1)C(=O)ON1C(=O)CCC1=O. The third-order valence-electron chi connectivity index (χ3n) is 5.30. The van der Waals surface area contributed by atoms with Crippen molar-refractivity contribution in [3.63, 3.8) is 0 Å². The van der Waals surface area contributed by atoms with Crippen LogP contribution in [0.5, 0.6) is 0 Å². The van der Waals surface area contributed by atoms with Crippen LogP contribution in [0.15, 0.2) is 0 Å². The van der Waals surface area contributed by atoms with Crippen LogP contribution >= 0.6 is 0 Å². The average molecular weight is 429 g/mol. The highest BCUT2D eigenvalue weighted by Crippen LogP contribution is 2.42. The molecule has 4 saturated heterocycles. The van der Waals surface area contributed by atoms with E-state index in [4.69, 9.17) is 33.3 Å².